The van der Waals surface area contributed by atoms with Crippen LogP contribution < -0.4 is 0 Å². The van der Waals surface area contributed by atoms with E-state index in [1.165, 1.54) is 182 Å². The van der Waals surface area contributed by atoms with Crippen molar-refractivity contribution >= 4 is 0 Å². The predicted octanol–water partition coefficient (Wildman–Crippen LogP) is 7.87. The van der Waals surface area contributed by atoms with Crippen molar-refractivity contribution in [2.75, 3.05) is 277 Å². The molecule has 78 heavy (non-hydrogen) atoms. The maximum atomic E-state index is 2.92. The van der Waals surface area contributed by atoms with E-state index in [4.69, 9.17) is 0 Å². The summed E-state index contributed by atoms with van der Waals surface area (Å²) in [6.07, 6.45) is 13.5. The van der Waals surface area contributed by atoms with E-state index >= 15 is 0 Å². The molecule has 0 amide bonds. The molecule has 0 atom stereocenters. The Labute approximate surface area is 490 Å². The quantitative estimate of drug-likeness (QED) is 0.0594. The molecule has 0 aromatic carbocycles. The van der Waals surface area contributed by atoms with Gasteiger partial charge < -0.3 is 39.2 Å². The van der Waals surface area contributed by atoms with Gasteiger partial charge in [0.1, 0.15) is 0 Å². The topological polar surface area (TPSA) is 45.4 Å². The van der Waals surface area contributed by atoms with Gasteiger partial charge in [-0.05, 0) is 178 Å². The summed E-state index contributed by atoms with van der Waals surface area (Å²) in [7, 11) is 11.5. The second-order valence-electron chi connectivity index (χ2n) is 24.1. The third-order valence-corrected chi connectivity index (χ3v) is 16.0. The van der Waals surface area contributed by atoms with Crippen molar-refractivity contribution in [3.8, 4) is 0 Å². The highest BCUT2D eigenvalue weighted by Crippen LogP contribution is 2.07. The summed E-state index contributed by atoms with van der Waals surface area (Å²) in [6, 6.07) is 0. The van der Waals surface area contributed by atoms with Crippen LogP contribution in [0.25, 0.3) is 0 Å². The first-order chi connectivity index (χ1) is 37.8. The summed E-state index contributed by atoms with van der Waals surface area (Å²) in [5, 5.41) is 0. The van der Waals surface area contributed by atoms with Crippen LogP contribution in [0.15, 0.2) is 0 Å². The Kier molecular flexibility index (Phi) is 54.0. The van der Waals surface area contributed by atoms with Gasteiger partial charge in [0.15, 0.2) is 0 Å². The maximum Gasteiger partial charge on any atom is 0.0110 e. The van der Waals surface area contributed by atoms with E-state index in [1.54, 1.807) is 0 Å². The summed E-state index contributed by atoms with van der Waals surface area (Å²) in [5.74, 6) is 0. The normalized spacial score (nSPS) is 12.8. The first-order valence-electron chi connectivity index (χ1n) is 33.7. The number of nitrogens with zero attached hydrogens (tertiary/aromatic N) is 14. The fourth-order valence-corrected chi connectivity index (χ4v) is 11.2. The van der Waals surface area contributed by atoms with Gasteiger partial charge in [0.25, 0.3) is 0 Å². The molecule has 0 spiro atoms. The second kappa shape index (κ2) is 54.4. The second-order valence-corrected chi connectivity index (χ2v) is 24.1. The average molecular weight is 1110 g/mol. The highest BCUT2D eigenvalue weighted by atomic mass is 15.3. The van der Waals surface area contributed by atoms with Gasteiger partial charge in [-0.1, -0.05) is 76.2 Å². The van der Waals surface area contributed by atoms with Crippen LogP contribution in [0.5, 0.6) is 0 Å². The van der Waals surface area contributed by atoms with E-state index in [0.29, 0.717) is 0 Å². The fourth-order valence-electron chi connectivity index (χ4n) is 11.2. The lowest BCUT2D eigenvalue weighted by Crippen LogP contribution is -2.49. The predicted molar refractivity (Wildman–Crippen MR) is 349 cm³/mol. The van der Waals surface area contributed by atoms with E-state index in [-0.39, 0.29) is 0 Å². The van der Waals surface area contributed by atoms with E-state index in [1.807, 2.05) is 0 Å². The molecule has 0 saturated heterocycles. The summed E-state index contributed by atoms with van der Waals surface area (Å²) in [6.45, 7) is 68.9. The minimum Gasteiger partial charge on any atom is -0.308 e. The molecule has 470 valence electrons. The van der Waals surface area contributed by atoms with Crippen LogP contribution in [0.2, 0.25) is 0 Å². The minimum atomic E-state index is 1.11. The Bertz CT molecular complexity index is 1180. The first-order valence-corrected chi connectivity index (χ1v) is 33.7. The molecule has 0 radical (unpaired) electrons. The zero-order valence-corrected chi connectivity index (χ0v) is 56.2. The van der Waals surface area contributed by atoms with Gasteiger partial charge in [-0.2, -0.15) is 0 Å². The standard InChI is InChI=1S/C64H144N14/c1-17-28-66(14)40-44-73(43-39-65(12)13)55-56-75(46-42-68(16)30-19-3)58-60-78(59-57-74(45-41-67(15)29-18-2)51-47-69(31-20-4)32-21-5)64-63-77(54-50-72(37-26-10)38-27-11)62-61-76(52-48-70(33-22-6)34-23-7)53-49-71(35-24-8)36-25-9/h17-64H2,1-16H3. The number of hydrogen-bond acceptors (Lipinski definition) is 14. The summed E-state index contributed by atoms with van der Waals surface area (Å²) >= 11 is 0. The van der Waals surface area contributed by atoms with Gasteiger partial charge in [-0.3, -0.25) is 29.4 Å². The lowest BCUT2D eigenvalue weighted by molar-refractivity contribution is 0.118. The first kappa shape index (κ1) is 77.4. The average Bonchev–Trinajstić information content (AvgIpc) is 3.41. The van der Waals surface area contributed by atoms with Crippen LogP contribution in [0.4, 0.5) is 0 Å². The summed E-state index contributed by atoms with van der Waals surface area (Å²) in [5.41, 5.74) is 0. The molecule has 0 aliphatic heterocycles. The molecule has 0 aromatic rings. The van der Waals surface area contributed by atoms with Crippen LogP contribution in [0.1, 0.15) is 147 Å². The van der Waals surface area contributed by atoms with E-state index in [9.17, 15) is 0 Å². The number of likely N-dealkylation sites (N-methyl/N-ethyl adjacent to an activating group) is 4. The van der Waals surface area contributed by atoms with E-state index in [0.717, 1.165) is 131 Å². The zero-order valence-electron chi connectivity index (χ0n) is 56.2. The van der Waals surface area contributed by atoms with Gasteiger partial charge in [-0.25, -0.2) is 0 Å². The van der Waals surface area contributed by atoms with E-state index in [2.05, 4.69) is 180 Å². The van der Waals surface area contributed by atoms with Crippen molar-refractivity contribution < 1.29 is 0 Å². The molecule has 0 bridgehead atoms. The maximum absolute atomic E-state index is 2.92. The van der Waals surface area contributed by atoms with Gasteiger partial charge in [-0.15, -0.1) is 0 Å². The summed E-state index contributed by atoms with van der Waals surface area (Å²) < 4.78 is 0. The Morgan fingerprint density at radius 3 is 0.372 bits per heavy atom. The summed E-state index contributed by atoms with van der Waals surface area (Å²) in [4.78, 5) is 38.1. The van der Waals surface area contributed by atoms with Crippen molar-refractivity contribution in [2.24, 2.45) is 0 Å². The Morgan fingerprint density at radius 2 is 0.244 bits per heavy atom. The van der Waals surface area contributed by atoms with Crippen LogP contribution in [0.3, 0.4) is 0 Å². The van der Waals surface area contributed by atoms with Crippen LogP contribution in [-0.4, -0.2) is 346 Å². The molecule has 0 unspecified atom stereocenters. The van der Waals surface area contributed by atoms with Gasteiger partial charge >= 0.3 is 0 Å². The Hall–Kier alpha value is -0.560. The lowest BCUT2D eigenvalue weighted by atomic mass is 10.3. The van der Waals surface area contributed by atoms with Crippen molar-refractivity contribution in [2.45, 2.75) is 147 Å². The SMILES string of the molecule is CCCN(C)CCN(CCN(C)C)CCN(CCN(C)CCC)CCN(CCN(CCN(C)CCC)CCN(CCC)CCC)CCN(CCN(CCC)CCC)CCN(CCN(CCC)CCC)CCN(CCC)CCC. The highest BCUT2D eigenvalue weighted by molar-refractivity contribution is 4.76. The molecule has 0 N–H and O–H groups in total. The lowest BCUT2D eigenvalue weighted by Gasteiger charge is -2.35. The zero-order chi connectivity index (χ0) is 58.0. The highest BCUT2D eigenvalue weighted by Gasteiger charge is 2.20. The molecule has 14 nitrogen and oxygen atoms in total. The van der Waals surface area contributed by atoms with Crippen molar-refractivity contribution in [1.82, 2.24) is 68.6 Å². The molecule has 0 rings (SSSR count). The molecule has 0 aliphatic carbocycles. The van der Waals surface area contributed by atoms with Crippen molar-refractivity contribution in [3.63, 3.8) is 0 Å². The minimum absolute atomic E-state index is 1.11. The molecule has 14 heteroatoms. The Balaban J connectivity index is 7.17. The van der Waals surface area contributed by atoms with Gasteiger partial charge in [0.05, 0.1) is 0 Å². The number of hydrogen-bond donors (Lipinski definition) is 0. The van der Waals surface area contributed by atoms with Gasteiger partial charge in [0, 0.05) is 170 Å². The third kappa shape index (κ3) is 44.0. The molecule has 0 heterocycles. The van der Waals surface area contributed by atoms with Crippen molar-refractivity contribution in [3.05, 3.63) is 0 Å². The van der Waals surface area contributed by atoms with Crippen LogP contribution in [-0.2, 0) is 0 Å². The molecule has 0 saturated carbocycles. The molecule has 0 aromatic heterocycles. The molecular weight excluding hydrogens is 965 g/mol. The van der Waals surface area contributed by atoms with E-state index < -0.39 is 0 Å². The van der Waals surface area contributed by atoms with Crippen molar-refractivity contribution in [1.29, 1.82) is 0 Å². The molecule has 0 fully saturated rings. The van der Waals surface area contributed by atoms with Crippen LogP contribution >= 0.6 is 0 Å². The smallest absolute Gasteiger partial charge is 0.0110 e. The molecular formula is C64H144N14. The monoisotopic (exact) mass is 1110 g/mol. The number of rotatable bonds is 61. The van der Waals surface area contributed by atoms with Gasteiger partial charge in [0.2, 0.25) is 0 Å². The molecule has 0 aliphatic rings. The Morgan fingerprint density at radius 1 is 0.128 bits per heavy atom. The van der Waals surface area contributed by atoms with Crippen LogP contribution in [0, 0.1) is 0 Å². The third-order valence-electron chi connectivity index (χ3n) is 16.0. The largest absolute Gasteiger partial charge is 0.308 e. The fraction of sp³-hybridized carbons (Fsp3) is 1.00.